The molecule has 17 heavy (non-hydrogen) atoms. The van der Waals surface area contributed by atoms with Gasteiger partial charge in [-0.3, -0.25) is 10.1 Å². The molecule has 0 saturated carbocycles. The van der Waals surface area contributed by atoms with Crippen molar-refractivity contribution in [3.05, 3.63) is 28.3 Å². The van der Waals surface area contributed by atoms with E-state index < -0.39 is 12.7 Å². The van der Waals surface area contributed by atoms with Crippen LogP contribution in [0.15, 0.2) is 18.2 Å². The summed E-state index contributed by atoms with van der Waals surface area (Å²) in [7, 11) is -3.17. The summed E-state index contributed by atoms with van der Waals surface area (Å²) in [5, 5.41) is 12.4. The lowest BCUT2D eigenvalue weighted by Gasteiger charge is -2.09. The van der Waals surface area contributed by atoms with Gasteiger partial charge in [0.15, 0.2) is 5.75 Å². The largest absolute Gasteiger partial charge is 0.490 e. The molecule has 9 nitrogen and oxygen atoms in total. The Kier molecular flexibility index (Phi) is 4.02. The van der Waals surface area contributed by atoms with Gasteiger partial charge in [0, 0.05) is 6.07 Å². The molecular weight excluding hydrogens is 253 g/mol. The van der Waals surface area contributed by atoms with Crippen LogP contribution in [0.25, 0.3) is 0 Å². The molecular formula is C7H10N3O6P. The van der Waals surface area contributed by atoms with Crippen molar-refractivity contribution in [2.45, 2.75) is 0 Å². The molecule has 0 fully saturated rings. The molecule has 0 unspecified atom stereocenters. The average molecular weight is 263 g/mol. The van der Waals surface area contributed by atoms with Gasteiger partial charge in [0.25, 0.3) is 0 Å². The number of nitro groups is 1. The van der Waals surface area contributed by atoms with Crippen molar-refractivity contribution in [2.24, 2.45) is 0 Å². The lowest BCUT2D eigenvalue weighted by molar-refractivity contribution is -0.385. The molecule has 0 saturated heterocycles. The third kappa shape index (κ3) is 4.00. The molecule has 0 aliphatic heterocycles. The van der Waals surface area contributed by atoms with Crippen molar-refractivity contribution >= 4 is 19.1 Å². The topological polar surface area (TPSA) is 134 Å². The number of hydrazine groups is 1. The van der Waals surface area contributed by atoms with Crippen molar-refractivity contribution < 1.29 is 24.0 Å². The molecule has 0 atom stereocenters. The molecule has 0 aliphatic rings. The van der Waals surface area contributed by atoms with Crippen LogP contribution in [-0.4, -0.2) is 21.8 Å². The predicted octanol–water partition coefficient (Wildman–Crippen LogP) is 0.613. The third-order valence-electron chi connectivity index (χ3n) is 1.72. The van der Waals surface area contributed by atoms with Crippen molar-refractivity contribution in [1.82, 2.24) is 5.20 Å². The zero-order valence-corrected chi connectivity index (χ0v) is 9.55. The Morgan fingerprint density at radius 2 is 2.12 bits per heavy atom. The van der Waals surface area contributed by atoms with Gasteiger partial charge >= 0.3 is 13.4 Å². The second-order valence-corrected chi connectivity index (χ2v) is 4.24. The van der Waals surface area contributed by atoms with E-state index in [2.05, 4.69) is 5.43 Å². The van der Waals surface area contributed by atoms with E-state index in [-0.39, 0.29) is 17.1 Å². The Morgan fingerprint density at radius 3 is 2.59 bits per heavy atom. The minimum absolute atomic E-state index is 0.0525. The van der Waals surface area contributed by atoms with Gasteiger partial charge in [-0.25, -0.2) is 4.57 Å². The number of nitrogens with one attached hydrogen (secondary N) is 2. The van der Waals surface area contributed by atoms with E-state index in [1.807, 2.05) is 0 Å². The maximum atomic E-state index is 10.7. The van der Waals surface area contributed by atoms with Crippen LogP contribution in [0, 0.1) is 10.1 Å². The fourth-order valence-corrected chi connectivity index (χ4v) is 1.32. The van der Waals surface area contributed by atoms with Gasteiger partial charge in [-0.15, -0.1) is 5.20 Å². The van der Waals surface area contributed by atoms with E-state index in [9.17, 15) is 14.7 Å². The molecule has 0 heterocycles. The molecule has 0 aliphatic carbocycles. The molecule has 0 spiro atoms. The summed E-state index contributed by atoms with van der Waals surface area (Å²) in [5.74, 6) is 0.0525. The van der Waals surface area contributed by atoms with E-state index in [0.717, 1.165) is 6.07 Å². The summed E-state index contributed by atoms with van der Waals surface area (Å²) in [6.45, 7) is 0. The Bertz CT molecular complexity index is 473. The molecule has 0 bridgehead atoms. The molecule has 1 aromatic carbocycles. The maximum Gasteiger partial charge on any atom is 0.417 e. The molecule has 1 rings (SSSR count). The molecule has 94 valence electrons. The predicted molar refractivity (Wildman–Crippen MR) is 58.5 cm³/mol. The summed E-state index contributed by atoms with van der Waals surface area (Å²) < 4.78 is 15.3. The lowest BCUT2D eigenvalue weighted by Crippen LogP contribution is -2.17. The monoisotopic (exact) mass is 263 g/mol. The van der Waals surface area contributed by atoms with Crippen LogP contribution in [-0.2, 0) is 4.57 Å². The van der Waals surface area contributed by atoms with Gasteiger partial charge in [-0.05, 0) is 12.1 Å². The van der Waals surface area contributed by atoms with Crippen LogP contribution >= 0.6 is 7.75 Å². The summed E-state index contributed by atoms with van der Waals surface area (Å²) >= 11 is 0. The van der Waals surface area contributed by atoms with E-state index in [1.54, 1.807) is 5.20 Å². The van der Waals surface area contributed by atoms with E-state index in [4.69, 9.17) is 14.5 Å². The van der Waals surface area contributed by atoms with Crippen LogP contribution in [0.1, 0.15) is 0 Å². The second-order valence-electron chi connectivity index (χ2n) is 2.92. The number of anilines is 1. The van der Waals surface area contributed by atoms with Crippen molar-refractivity contribution in [3.8, 4) is 5.75 Å². The van der Waals surface area contributed by atoms with Crippen molar-refractivity contribution in [1.29, 1.82) is 0 Å². The first-order valence-corrected chi connectivity index (χ1v) is 5.86. The first kappa shape index (κ1) is 13.4. The first-order chi connectivity index (χ1) is 7.83. The summed E-state index contributed by atoms with van der Waals surface area (Å²) in [5.41, 5.74) is 1.97. The Labute approximate surface area is 95.7 Å². The number of nitrogens with zero attached hydrogens (tertiary/aromatic N) is 1. The van der Waals surface area contributed by atoms with E-state index in [0.29, 0.717) is 0 Å². The number of hydrogen-bond acceptors (Lipinski definition) is 5. The van der Waals surface area contributed by atoms with Crippen LogP contribution in [0.4, 0.5) is 11.4 Å². The Morgan fingerprint density at radius 1 is 1.47 bits per heavy atom. The minimum atomic E-state index is -4.45. The SMILES string of the molecule is COc1ccc(NNP(=O)(O)O)cc1[N+](=O)[O-]. The highest BCUT2D eigenvalue weighted by Gasteiger charge is 2.16. The first-order valence-electron chi connectivity index (χ1n) is 4.25. The number of rotatable bonds is 5. The minimum Gasteiger partial charge on any atom is -0.490 e. The lowest BCUT2D eigenvalue weighted by atomic mass is 10.2. The van der Waals surface area contributed by atoms with Gasteiger partial charge in [0.1, 0.15) is 0 Å². The molecule has 0 radical (unpaired) electrons. The number of hydrogen-bond donors (Lipinski definition) is 4. The molecule has 1 aromatic rings. The fourth-order valence-electron chi connectivity index (χ4n) is 1.05. The standard InChI is InChI=1S/C7H10N3O6P/c1-16-7-3-2-5(4-6(7)10(11)12)8-9-17(13,14)15/h2-4,8H,1H3,(H3,9,13,14,15). The van der Waals surface area contributed by atoms with Crippen LogP contribution < -0.4 is 15.4 Å². The molecule has 0 aromatic heterocycles. The van der Waals surface area contributed by atoms with Gasteiger partial charge in [-0.1, -0.05) is 0 Å². The molecule has 0 amide bonds. The van der Waals surface area contributed by atoms with E-state index >= 15 is 0 Å². The highest BCUT2D eigenvalue weighted by molar-refractivity contribution is 7.49. The van der Waals surface area contributed by atoms with Crippen LogP contribution in [0.3, 0.4) is 0 Å². The van der Waals surface area contributed by atoms with Crippen molar-refractivity contribution in [3.63, 3.8) is 0 Å². The second kappa shape index (κ2) is 5.11. The quantitative estimate of drug-likeness (QED) is 0.345. The smallest absolute Gasteiger partial charge is 0.417 e. The third-order valence-corrected chi connectivity index (χ3v) is 2.12. The summed E-state index contributed by atoms with van der Waals surface area (Å²) in [6, 6.07) is 3.76. The summed E-state index contributed by atoms with van der Waals surface area (Å²) in [6.07, 6.45) is 0. The van der Waals surface area contributed by atoms with Crippen LogP contribution in [0.2, 0.25) is 0 Å². The Balaban J connectivity index is 2.93. The number of ether oxygens (including phenoxy) is 1. The normalized spacial score (nSPS) is 11.0. The fraction of sp³-hybridized carbons (Fsp3) is 0.143. The molecule has 10 heteroatoms. The number of methoxy groups -OCH3 is 1. The highest BCUT2D eigenvalue weighted by Crippen LogP contribution is 2.31. The van der Waals surface area contributed by atoms with Crippen LogP contribution in [0.5, 0.6) is 5.75 Å². The highest BCUT2D eigenvalue weighted by atomic mass is 31.2. The van der Waals surface area contributed by atoms with Gasteiger partial charge in [0.05, 0.1) is 17.7 Å². The average Bonchev–Trinajstić information content (AvgIpc) is 2.25. The summed E-state index contributed by atoms with van der Waals surface area (Å²) in [4.78, 5) is 27.1. The maximum absolute atomic E-state index is 10.7. The molecule has 4 N–H and O–H groups in total. The van der Waals surface area contributed by atoms with Gasteiger partial charge in [-0.2, -0.15) is 0 Å². The Hall–Kier alpha value is -1.67. The zero-order chi connectivity index (χ0) is 13.1. The van der Waals surface area contributed by atoms with E-state index in [1.165, 1.54) is 19.2 Å². The van der Waals surface area contributed by atoms with Gasteiger partial charge < -0.3 is 19.9 Å². The van der Waals surface area contributed by atoms with Crippen molar-refractivity contribution in [2.75, 3.05) is 12.5 Å². The number of benzene rings is 1. The number of nitro benzene ring substituents is 1. The zero-order valence-electron chi connectivity index (χ0n) is 8.65. The van der Waals surface area contributed by atoms with Gasteiger partial charge in [0.2, 0.25) is 0 Å².